The first kappa shape index (κ1) is 14.4. The highest BCUT2D eigenvalue weighted by atomic mass is 16.6. The van der Waals surface area contributed by atoms with Gasteiger partial charge in [-0.1, -0.05) is 42.5 Å². The summed E-state index contributed by atoms with van der Waals surface area (Å²) in [6, 6.07) is 13.6. The van der Waals surface area contributed by atoms with Gasteiger partial charge in [0.1, 0.15) is 11.7 Å². The molecular formula is C16H18O5. The van der Waals surface area contributed by atoms with Crippen molar-refractivity contribution in [2.45, 2.75) is 30.5 Å². The molecule has 3 rings (SSSR count). The van der Waals surface area contributed by atoms with Gasteiger partial charge in [-0.15, -0.1) is 0 Å². The van der Waals surface area contributed by atoms with Crippen LogP contribution in [-0.2, 0) is 11.2 Å². The van der Waals surface area contributed by atoms with E-state index in [0.717, 1.165) is 16.3 Å². The molecule has 1 aliphatic heterocycles. The van der Waals surface area contributed by atoms with E-state index in [1.807, 2.05) is 42.5 Å². The van der Waals surface area contributed by atoms with Crippen LogP contribution in [0.2, 0.25) is 0 Å². The number of aliphatic hydroxyl groups excluding tert-OH is 3. The lowest BCUT2D eigenvalue weighted by molar-refractivity contribution is -0.129. The zero-order valence-corrected chi connectivity index (χ0v) is 11.4. The number of ether oxygens (including phenoxy) is 1. The molecule has 0 spiro atoms. The molecule has 0 amide bonds. The summed E-state index contributed by atoms with van der Waals surface area (Å²) in [6.07, 6.45) is -3.62. The van der Waals surface area contributed by atoms with Crippen LogP contribution < -0.4 is 0 Å². The molecule has 21 heavy (non-hydrogen) atoms. The van der Waals surface area contributed by atoms with Gasteiger partial charge in [-0.3, -0.25) is 0 Å². The summed E-state index contributed by atoms with van der Waals surface area (Å²) in [6.45, 7) is -0.680. The van der Waals surface area contributed by atoms with Crippen molar-refractivity contribution in [1.82, 2.24) is 0 Å². The Labute approximate surface area is 122 Å². The lowest BCUT2D eigenvalue weighted by Gasteiger charge is -2.28. The van der Waals surface area contributed by atoms with Crippen molar-refractivity contribution >= 4 is 10.8 Å². The number of hydrogen-bond donors (Lipinski definition) is 4. The molecule has 5 nitrogen and oxygen atoms in total. The summed E-state index contributed by atoms with van der Waals surface area (Å²) in [7, 11) is 0. The second-order valence-electron chi connectivity index (χ2n) is 5.45. The zero-order valence-electron chi connectivity index (χ0n) is 11.4. The van der Waals surface area contributed by atoms with Gasteiger partial charge in [0.05, 0.1) is 12.7 Å². The molecule has 1 aliphatic rings. The van der Waals surface area contributed by atoms with Gasteiger partial charge in [0, 0.05) is 6.42 Å². The van der Waals surface area contributed by atoms with E-state index in [2.05, 4.69) is 0 Å². The minimum Gasteiger partial charge on any atom is -0.393 e. The van der Waals surface area contributed by atoms with Gasteiger partial charge in [-0.05, 0) is 16.3 Å². The number of benzene rings is 2. The highest BCUT2D eigenvalue weighted by Gasteiger charge is 2.54. The minimum atomic E-state index is -1.86. The summed E-state index contributed by atoms with van der Waals surface area (Å²) >= 11 is 0. The fourth-order valence-electron chi connectivity index (χ4n) is 2.89. The summed E-state index contributed by atoms with van der Waals surface area (Å²) in [5, 5.41) is 41.2. The van der Waals surface area contributed by atoms with Crippen LogP contribution >= 0.6 is 0 Å². The fraction of sp³-hybridized carbons (Fsp3) is 0.375. The molecule has 1 saturated heterocycles. The lowest BCUT2D eigenvalue weighted by atomic mass is 9.88. The molecule has 0 bridgehead atoms. The quantitative estimate of drug-likeness (QED) is 0.647. The second kappa shape index (κ2) is 5.36. The molecule has 0 aromatic heterocycles. The van der Waals surface area contributed by atoms with Crippen molar-refractivity contribution in [3.63, 3.8) is 0 Å². The Morgan fingerprint density at radius 1 is 1.05 bits per heavy atom. The Bertz CT molecular complexity index is 638. The van der Waals surface area contributed by atoms with Gasteiger partial charge in [0.2, 0.25) is 0 Å². The maximum atomic E-state index is 10.3. The normalized spacial score (nSPS) is 32.7. The SMILES string of the molecule is OC[C@]1(O)[C@@H](Cc2cccc3ccccc23)OC(O)[C@@H]1O. The van der Waals surface area contributed by atoms with Crippen molar-refractivity contribution in [1.29, 1.82) is 0 Å². The van der Waals surface area contributed by atoms with E-state index < -0.39 is 30.7 Å². The number of aliphatic hydroxyl groups is 4. The third kappa shape index (κ3) is 2.33. The average molecular weight is 290 g/mol. The van der Waals surface area contributed by atoms with Gasteiger partial charge in [0.15, 0.2) is 6.29 Å². The molecule has 1 heterocycles. The number of hydrogen-bond acceptors (Lipinski definition) is 5. The Hall–Kier alpha value is -1.50. The maximum Gasteiger partial charge on any atom is 0.184 e. The third-order valence-corrected chi connectivity index (χ3v) is 4.18. The van der Waals surface area contributed by atoms with Gasteiger partial charge >= 0.3 is 0 Å². The van der Waals surface area contributed by atoms with E-state index in [1.165, 1.54) is 0 Å². The van der Waals surface area contributed by atoms with E-state index >= 15 is 0 Å². The van der Waals surface area contributed by atoms with Gasteiger partial charge in [0.25, 0.3) is 0 Å². The molecule has 4 atom stereocenters. The van der Waals surface area contributed by atoms with Crippen LogP contribution in [0.3, 0.4) is 0 Å². The van der Waals surface area contributed by atoms with Crippen LogP contribution in [0.1, 0.15) is 5.56 Å². The molecule has 2 aromatic carbocycles. The summed E-state index contributed by atoms with van der Waals surface area (Å²) in [5.41, 5.74) is -0.942. The standard InChI is InChI=1S/C16H18O5/c17-9-16(20)13(21-15(19)14(16)18)8-11-6-3-5-10-4-1-2-7-12(10)11/h1-7,13-15,17-20H,8-9H2/t13-,14+,15?,16+/m1/s1. The Kier molecular flexibility index (Phi) is 3.69. The average Bonchev–Trinajstić information content (AvgIpc) is 2.72. The number of rotatable bonds is 3. The first-order valence-electron chi connectivity index (χ1n) is 6.88. The van der Waals surface area contributed by atoms with Gasteiger partial charge in [-0.25, -0.2) is 0 Å². The summed E-state index contributed by atoms with van der Waals surface area (Å²) in [5.74, 6) is 0. The van der Waals surface area contributed by atoms with Crippen molar-refractivity contribution < 1.29 is 25.2 Å². The molecule has 0 saturated carbocycles. The molecule has 2 aromatic rings. The van der Waals surface area contributed by atoms with Crippen molar-refractivity contribution in [2.75, 3.05) is 6.61 Å². The molecule has 1 unspecified atom stereocenters. The van der Waals surface area contributed by atoms with Crippen molar-refractivity contribution in [3.05, 3.63) is 48.0 Å². The molecule has 4 N–H and O–H groups in total. The van der Waals surface area contributed by atoms with Gasteiger partial charge < -0.3 is 25.2 Å². The van der Waals surface area contributed by atoms with Crippen LogP contribution in [0.25, 0.3) is 10.8 Å². The van der Waals surface area contributed by atoms with E-state index in [4.69, 9.17) is 4.74 Å². The largest absolute Gasteiger partial charge is 0.393 e. The van der Waals surface area contributed by atoms with E-state index in [9.17, 15) is 20.4 Å². The Morgan fingerprint density at radius 3 is 2.52 bits per heavy atom. The predicted molar refractivity (Wildman–Crippen MR) is 76.6 cm³/mol. The smallest absolute Gasteiger partial charge is 0.184 e. The molecular weight excluding hydrogens is 272 g/mol. The summed E-state index contributed by atoms with van der Waals surface area (Å²) in [4.78, 5) is 0. The van der Waals surface area contributed by atoms with Crippen LogP contribution in [-0.4, -0.2) is 51.1 Å². The first-order valence-corrected chi connectivity index (χ1v) is 6.88. The van der Waals surface area contributed by atoms with E-state index in [0.29, 0.717) is 0 Å². The third-order valence-electron chi connectivity index (χ3n) is 4.18. The zero-order chi connectivity index (χ0) is 15.0. The van der Waals surface area contributed by atoms with Crippen molar-refractivity contribution in [2.24, 2.45) is 0 Å². The second-order valence-corrected chi connectivity index (χ2v) is 5.45. The monoisotopic (exact) mass is 290 g/mol. The Balaban J connectivity index is 1.95. The maximum absolute atomic E-state index is 10.3. The predicted octanol–water partition coefficient (Wildman–Crippen LogP) is 0.184. The van der Waals surface area contributed by atoms with Crippen LogP contribution in [0.15, 0.2) is 42.5 Å². The number of fused-ring (bicyclic) bond motifs is 1. The highest BCUT2D eigenvalue weighted by Crippen LogP contribution is 2.33. The van der Waals surface area contributed by atoms with Crippen LogP contribution in [0.5, 0.6) is 0 Å². The van der Waals surface area contributed by atoms with Crippen LogP contribution in [0, 0.1) is 0 Å². The molecule has 112 valence electrons. The van der Waals surface area contributed by atoms with E-state index in [1.54, 1.807) is 0 Å². The topological polar surface area (TPSA) is 90.2 Å². The fourth-order valence-corrected chi connectivity index (χ4v) is 2.89. The minimum absolute atomic E-state index is 0.284. The van der Waals surface area contributed by atoms with E-state index in [-0.39, 0.29) is 6.42 Å². The molecule has 0 aliphatic carbocycles. The molecule has 1 fully saturated rings. The van der Waals surface area contributed by atoms with Gasteiger partial charge in [-0.2, -0.15) is 0 Å². The lowest BCUT2D eigenvalue weighted by Crippen LogP contribution is -2.52. The van der Waals surface area contributed by atoms with Crippen molar-refractivity contribution in [3.8, 4) is 0 Å². The van der Waals surface area contributed by atoms with Crippen LogP contribution in [0.4, 0.5) is 0 Å². The first-order chi connectivity index (χ1) is 10.1. The summed E-state index contributed by atoms with van der Waals surface area (Å²) < 4.78 is 5.23. The Morgan fingerprint density at radius 2 is 1.76 bits per heavy atom. The highest BCUT2D eigenvalue weighted by molar-refractivity contribution is 5.85. The molecule has 0 radical (unpaired) electrons. The molecule has 5 heteroatoms.